The standard InChI is InChI=1S/C25H28ClN5/c1-16-6-13-21-20(14-16)24(30-22-4-2-3-5-23(22)31-25(27)28)15-19(29-21)12-9-17-7-10-18(26)11-8-17/h6-15,22-23H,2-5H2,1H3,(H,29,30)(H4,27,28,31)/b12-9+. The number of halogens is 1. The van der Waals surface area contributed by atoms with Crippen molar-refractivity contribution in [3.63, 3.8) is 0 Å². The van der Waals surface area contributed by atoms with Crippen LogP contribution in [0.4, 0.5) is 5.69 Å². The molecule has 160 valence electrons. The van der Waals surface area contributed by atoms with E-state index in [-0.39, 0.29) is 18.0 Å². The van der Waals surface area contributed by atoms with Gasteiger partial charge in [0.1, 0.15) is 0 Å². The minimum Gasteiger partial charge on any atom is -0.380 e. The van der Waals surface area contributed by atoms with Crippen molar-refractivity contribution < 1.29 is 0 Å². The van der Waals surface area contributed by atoms with Gasteiger partial charge >= 0.3 is 0 Å². The first-order valence-corrected chi connectivity index (χ1v) is 11.1. The summed E-state index contributed by atoms with van der Waals surface area (Å²) >= 11 is 5.99. The molecule has 1 aromatic heterocycles. The van der Waals surface area contributed by atoms with Gasteiger partial charge in [0.15, 0.2) is 5.96 Å². The number of rotatable bonds is 5. The summed E-state index contributed by atoms with van der Waals surface area (Å²) < 4.78 is 0. The van der Waals surface area contributed by atoms with Crippen molar-refractivity contribution in [1.82, 2.24) is 4.98 Å². The molecule has 0 saturated heterocycles. The van der Waals surface area contributed by atoms with Crippen LogP contribution in [-0.4, -0.2) is 23.0 Å². The number of aliphatic imine (C=N–C) groups is 1. The Kier molecular flexibility index (Phi) is 6.42. The zero-order valence-corrected chi connectivity index (χ0v) is 18.4. The smallest absolute Gasteiger partial charge is 0.186 e. The number of hydrogen-bond donors (Lipinski definition) is 3. The van der Waals surface area contributed by atoms with Crippen molar-refractivity contribution >= 4 is 46.3 Å². The van der Waals surface area contributed by atoms with Gasteiger partial charge in [-0.1, -0.05) is 54.3 Å². The van der Waals surface area contributed by atoms with Crippen molar-refractivity contribution in [1.29, 1.82) is 0 Å². The Balaban J connectivity index is 1.69. The number of guanidine groups is 1. The predicted octanol–water partition coefficient (Wildman–Crippen LogP) is 5.36. The summed E-state index contributed by atoms with van der Waals surface area (Å²) in [5.41, 5.74) is 16.6. The molecule has 0 aliphatic heterocycles. The van der Waals surface area contributed by atoms with Crippen molar-refractivity contribution in [3.05, 3.63) is 70.4 Å². The third kappa shape index (κ3) is 5.36. The zero-order valence-electron chi connectivity index (χ0n) is 17.7. The number of aromatic nitrogens is 1. The van der Waals surface area contributed by atoms with E-state index in [1.165, 1.54) is 12.0 Å². The lowest BCUT2D eigenvalue weighted by atomic mass is 9.90. The predicted molar refractivity (Wildman–Crippen MR) is 132 cm³/mol. The van der Waals surface area contributed by atoms with Gasteiger partial charge in [-0.15, -0.1) is 0 Å². The van der Waals surface area contributed by atoms with Gasteiger partial charge in [-0.05, 0) is 61.7 Å². The molecule has 1 fully saturated rings. The molecule has 0 radical (unpaired) electrons. The second-order valence-electron chi connectivity index (χ2n) is 8.16. The van der Waals surface area contributed by atoms with E-state index in [2.05, 4.69) is 41.5 Å². The first-order chi connectivity index (χ1) is 15.0. The number of anilines is 1. The maximum Gasteiger partial charge on any atom is 0.186 e. The molecule has 1 heterocycles. The van der Waals surface area contributed by atoms with Crippen LogP contribution < -0.4 is 16.8 Å². The molecule has 0 bridgehead atoms. The fraction of sp³-hybridized carbons (Fsp3) is 0.280. The second kappa shape index (κ2) is 9.40. The van der Waals surface area contributed by atoms with Crippen LogP contribution in [0.25, 0.3) is 23.1 Å². The van der Waals surface area contributed by atoms with Crippen molar-refractivity contribution in [2.75, 3.05) is 5.32 Å². The minimum absolute atomic E-state index is 0.0832. The molecule has 2 unspecified atom stereocenters. The summed E-state index contributed by atoms with van der Waals surface area (Å²) in [7, 11) is 0. The molecule has 31 heavy (non-hydrogen) atoms. The van der Waals surface area contributed by atoms with E-state index in [0.717, 1.165) is 52.1 Å². The highest BCUT2D eigenvalue weighted by Crippen LogP contribution is 2.30. The monoisotopic (exact) mass is 433 g/mol. The highest BCUT2D eigenvalue weighted by molar-refractivity contribution is 6.30. The normalized spacial score (nSPS) is 18.9. The molecule has 3 aromatic rings. The molecule has 1 aliphatic carbocycles. The van der Waals surface area contributed by atoms with E-state index >= 15 is 0 Å². The lowest BCUT2D eigenvalue weighted by Gasteiger charge is -2.31. The number of fused-ring (bicyclic) bond motifs is 1. The first-order valence-electron chi connectivity index (χ1n) is 10.7. The van der Waals surface area contributed by atoms with Crippen LogP contribution in [0.5, 0.6) is 0 Å². The Morgan fingerprint density at radius 1 is 1.06 bits per heavy atom. The molecule has 0 spiro atoms. The van der Waals surface area contributed by atoms with Gasteiger partial charge in [0.25, 0.3) is 0 Å². The van der Waals surface area contributed by atoms with Gasteiger partial charge in [-0.2, -0.15) is 0 Å². The van der Waals surface area contributed by atoms with E-state index in [9.17, 15) is 0 Å². The SMILES string of the molecule is Cc1ccc2nc(/C=C/c3ccc(Cl)cc3)cc(NC3CCCCC3N=C(N)N)c2c1. The molecule has 2 aromatic carbocycles. The molecule has 0 amide bonds. The number of aryl methyl sites for hydroxylation is 1. The van der Waals surface area contributed by atoms with E-state index in [1.807, 2.05) is 36.4 Å². The Hall–Kier alpha value is -3.05. The number of nitrogens with zero attached hydrogens (tertiary/aromatic N) is 2. The number of pyridine rings is 1. The molecule has 5 nitrogen and oxygen atoms in total. The summed E-state index contributed by atoms with van der Waals surface area (Å²) in [6.45, 7) is 2.10. The Bertz CT molecular complexity index is 1120. The van der Waals surface area contributed by atoms with Crippen molar-refractivity contribution in [2.24, 2.45) is 16.5 Å². The molecule has 1 aliphatic rings. The summed E-state index contributed by atoms with van der Waals surface area (Å²) in [6, 6.07) is 16.5. The van der Waals surface area contributed by atoms with E-state index < -0.39 is 0 Å². The topological polar surface area (TPSA) is 89.3 Å². The van der Waals surface area contributed by atoms with Gasteiger partial charge in [-0.25, -0.2) is 9.98 Å². The van der Waals surface area contributed by atoms with Crippen LogP contribution in [0.3, 0.4) is 0 Å². The summed E-state index contributed by atoms with van der Waals surface area (Å²) in [4.78, 5) is 9.34. The molecule has 2 atom stereocenters. The van der Waals surface area contributed by atoms with Gasteiger partial charge in [0, 0.05) is 22.1 Å². The lowest BCUT2D eigenvalue weighted by molar-refractivity contribution is 0.405. The second-order valence-corrected chi connectivity index (χ2v) is 8.59. The number of hydrogen-bond acceptors (Lipinski definition) is 3. The van der Waals surface area contributed by atoms with Crippen molar-refractivity contribution in [2.45, 2.75) is 44.7 Å². The number of nitrogens with two attached hydrogens (primary N) is 2. The van der Waals surface area contributed by atoms with E-state index in [0.29, 0.717) is 0 Å². The first kappa shape index (κ1) is 21.2. The number of nitrogens with one attached hydrogen (secondary N) is 1. The average Bonchev–Trinajstić information content (AvgIpc) is 2.75. The van der Waals surface area contributed by atoms with E-state index in [4.69, 9.17) is 28.1 Å². The third-order valence-electron chi connectivity index (χ3n) is 5.69. The van der Waals surface area contributed by atoms with Crippen molar-refractivity contribution in [3.8, 4) is 0 Å². The lowest BCUT2D eigenvalue weighted by Crippen LogP contribution is -2.38. The summed E-state index contributed by atoms with van der Waals surface area (Å²) in [5, 5.41) is 5.58. The molecule has 5 N–H and O–H groups in total. The third-order valence-corrected chi connectivity index (χ3v) is 5.94. The van der Waals surface area contributed by atoms with Gasteiger partial charge in [0.2, 0.25) is 0 Å². The Morgan fingerprint density at radius 2 is 1.84 bits per heavy atom. The maximum absolute atomic E-state index is 5.99. The summed E-state index contributed by atoms with van der Waals surface area (Å²) in [6.07, 6.45) is 8.41. The van der Waals surface area contributed by atoms with E-state index in [1.54, 1.807) is 0 Å². The number of benzene rings is 2. The van der Waals surface area contributed by atoms with Crippen LogP contribution in [0.15, 0.2) is 53.5 Å². The van der Waals surface area contributed by atoms with Crippen LogP contribution in [0, 0.1) is 6.92 Å². The highest BCUT2D eigenvalue weighted by atomic mass is 35.5. The molecule has 1 saturated carbocycles. The Labute approximate surface area is 188 Å². The highest BCUT2D eigenvalue weighted by Gasteiger charge is 2.25. The van der Waals surface area contributed by atoms with Crippen LogP contribution in [-0.2, 0) is 0 Å². The van der Waals surface area contributed by atoms with Crippen LogP contribution in [0.2, 0.25) is 5.02 Å². The summed E-state index contributed by atoms with van der Waals surface area (Å²) in [5.74, 6) is 0.153. The average molecular weight is 434 g/mol. The van der Waals surface area contributed by atoms with Gasteiger partial charge in [0.05, 0.1) is 17.3 Å². The fourth-order valence-electron chi connectivity index (χ4n) is 4.15. The Morgan fingerprint density at radius 3 is 2.61 bits per heavy atom. The van der Waals surface area contributed by atoms with Gasteiger partial charge < -0.3 is 16.8 Å². The minimum atomic E-state index is 0.0832. The molecular weight excluding hydrogens is 406 g/mol. The molecule has 4 rings (SSSR count). The molecule has 6 heteroatoms. The fourth-order valence-corrected chi connectivity index (χ4v) is 4.27. The quantitative estimate of drug-likeness (QED) is 0.373. The van der Waals surface area contributed by atoms with Crippen LogP contribution >= 0.6 is 11.6 Å². The maximum atomic E-state index is 5.99. The largest absolute Gasteiger partial charge is 0.380 e. The van der Waals surface area contributed by atoms with Crippen LogP contribution in [0.1, 0.15) is 42.5 Å². The van der Waals surface area contributed by atoms with Gasteiger partial charge in [-0.3, -0.25) is 0 Å². The molecular formula is C25H28ClN5. The zero-order chi connectivity index (χ0) is 21.8.